The Morgan fingerprint density at radius 3 is 2.22 bits per heavy atom. The lowest BCUT2D eigenvalue weighted by Crippen LogP contribution is -1.92. The van der Waals surface area contributed by atoms with E-state index in [0.717, 1.165) is 5.69 Å². The lowest BCUT2D eigenvalue weighted by molar-refractivity contribution is 0.667. The summed E-state index contributed by atoms with van der Waals surface area (Å²) in [7, 11) is 0. The molecule has 0 saturated heterocycles. The highest BCUT2D eigenvalue weighted by molar-refractivity contribution is 6.25. The molecule has 0 unspecified atom stereocenters. The van der Waals surface area contributed by atoms with Crippen molar-refractivity contribution in [1.82, 2.24) is 0 Å². The predicted molar refractivity (Wildman–Crippen MR) is 102 cm³/mol. The molecule has 2 N–H and O–H groups in total. The minimum atomic E-state index is 0.871. The van der Waals surface area contributed by atoms with Gasteiger partial charge in [0, 0.05) is 11.1 Å². The van der Waals surface area contributed by atoms with Crippen LogP contribution >= 0.6 is 0 Å². The SMILES string of the molecule is CCCCCCc1cc2ccc3ccc(N)c4ccc(c1)c2c34. The second-order valence-corrected chi connectivity index (χ2v) is 6.66. The summed E-state index contributed by atoms with van der Waals surface area (Å²) in [5.74, 6) is 0. The molecule has 0 atom stereocenters. The Morgan fingerprint density at radius 1 is 0.739 bits per heavy atom. The third-order valence-electron chi connectivity index (χ3n) is 5.01. The molecule has 4 rings (SSSR count). The van der Waals surface area contributed by atoms with E-state index in [9.17, 15) is 0 Å². The van der Waals surface area contributed by atoms with Gasteiger partial charge in [-0.05, 0) is 51.4 Å². The Kier molecular flexibility index (Phi) is 3.57. The summed E-state index contributed by atoms with van der Waals surface area (Å²) in [6.07, 6.45) is 6.43. The predicted octanol–water partition coefficient (Wildman–Crippen LogP) is 6.29. The maximum absolute atomic E-state index is 6.19. The zero-order valence-corrected chi connectivity index (χ0v) is 13.7. The van der Waals surface area contributed by atoms with Gasteiger partial charge in [0.1, 0.15) is 0 Å². The van der Waals surface area contributed by atoms with Crippen molar-refractivity contribution < 1.29 is 0 Å². The molecule has 0 aliphatic carbocycles. The van der Waals surface area contributed by atoms with Crippen molar-refractivity contribution >= 4 is 38.0 Å². The summed E-state index contributed by atoms with van der Waals surface area (Å²) in [6.45, 7) is 2.26. The van der Waals surface area contributed by atoms with Crippen LogP contribution in [0.15, 0.2) is 48.5 Å². The summed E-state index contributed by atoms with van der Waals surface area (Å²) in [5.41, 5.74) is 8.52. The number of aryl methyl sites for hydroxylation is 1. The van der Waals surface area contributed by atoms with Crippen LogP contribution in [0.3, 0.4) is 0 Å². The highest BCUT2D eigenvalue weighted by Gasteiger charge is 2.10. The number of anilines is 1. The highest BCUT2D eigenvalue weighted by Crippen LogP contribution is 2.37. The molecular formula is C22H23N. The Morgan fingerprint density at radius 2 is 1.43 bits per heavy atom. The molecule has 0 bridgehead atoms. The van der Waals surface area contributed by atoms with Gasteiger partial charge in [-0.25, -0.2) is 0 Å². The van der Waals surface area contributed by atoms with Crippen molar-refractivity contribution in [3.8, 4) is 0 Å². The number of nitrogens with two attached hydrogens (primary N) is 1. The molecule has 0 amide bonds. The summed E-state index contributed by atoms with van der Waals surface area (Å²) < 4.78 is 0. The lowest BCUT2D eigenvalue weighted by atomic mass is 9.91. The number of hydrogen-bond donors (Lipinski definition) is 1. The van der Waals surface area contributed by atoms with Gasteiger partial charge in [-0.2, -0.15) is 0 Å². The zero-order valence-electron chi connectivity index (χ0n) is 13.7. The van der Waals surface area contributed by atoms with E-state index >= 15 is 0 Å². The van der Waals surface area contributed by atoms with Crippen molar-refractivity contribution in [2.75, 3.05) is 5.73 Å². The van der Waals surface area contributed by atoms with Crippen LogP contribution in [-0.2, 0) is 6.42 Å². The number of unbranched alkanes of at least 4 members (excludes halogenated alkanes) is 3. The van der Waals surface area contributed by atoms with E-state index in [1.54, 1.807) is 0 Å². The van der Waals surface area contributed by atoms with Crippen molar-refractivity contribution in [3.63, 3.8) is 0 Å². The van der Waals surface area contributed by atoms with Gasteiger partial charge in [-0.3, -0.25) is 0 Å². The van der Waals surface area contributed by atoms with Gasteiger partial charge >= 0.3 is 0 Å². The van der Waals surface area contributed by atoms with Gasteiger partial charge in [0.05, 0.1) is 0 Å². The van der Waals surface area contributed by atoms with Crippen molar-refractivity contribution in [3.05, 3.63) is 54.1 Å². The molecule has 0 aromatic heterocycles. The van der Waals surface area contributed by atoms with Crippen LogP contribution < -0.4 is 5.73 Å². The van der Waals surface area contributed by atoms with Crippen LogP contribution in [0.25, 0.3) is 32.3 Å². The maximum Gasteiger partial charge on any atom is 0.0394 e. The molecule has 4 aromatic rings. The fourth-order valence-corrected chi connectivity index (χ4v) is 3.81. The fourth-order valence-electron chi connectivity index (χ4n) is 3.81. The first-order chi connectivity index (χ1) is 11.3. The van der Waals surface area contributed by atoms with Gasteiger partial charge in [0.2, 0.25) is 0 Å². The molecule has 0 aliphatic heterocycles. The van der Waals surface area contributed by atoms with Gasteiger partial charge < -0.3 is 5.73 Å². The molecule has 0 aliphatic rings. The Labute approximate surface area is 137 Å². The van der Waals surface area contributed by atoms with Gasteiger partial charge in [-0.1, -0.05) is 68.7 Å². The van der Waals surface area contributed by atoms with Crippen LogP contribution in [0.5, 0.6) is 0 Å². The molecular weight excluding hydrogens is 278 g/mol. The third kappa shape index (κ3) is 2.41. The molecule has 0 saturated carbocycles. The Bertz CT molecular complexity index is 949. The second kappa shape index (κ2) is 5.73. The van der Waals surface area contributed by atoms with E-state index in [1.165, 1.54) is 70.0 Å². The minimum absolute atomic E-state index is 0.871. The zero-order chi connectivity index (χ0) is 15.8. The topological polar surface area (TPSA) is 26.0 Å². The Hall–Kier alpha value is -2.28. The van der Waals surface area contributed by atoms with E-state index in [-0.39, 0.29) is 0 Å². The normalized spacial score (nSPS) is 11.9. The molecule has 1 heteroatoms. The summed E-state index contributed by atoms with van der Waals surface area (Å²) in [6, 6.07) is 17.8. The number of nitrogen functional groups attached to an aromatic ring is 1. The van der Waals surface area contributed by atoms with E-state index in [4.69, 9.17) is 5.73 Å². The van der Waals surface area contributed by atoms with Crippen molar-refractivity contribution in [2.24, 2.45) is 0 Å². The number of rotatable bonds is 5. The van der Waals surface area contributed by atoms with Crippen LogP contribution in [0.2, 0.25) is 0 Å². The molecule has 116 valence electrons. The Balaban J connectivity index is 1.86. The van der Waals surface area contributed by atoms with Crippen LogP contribution in [0.4, 0.5) is 5.69 Å². The molecule has 0 heterocycles. The molecule has 0 radical (unpaired) electrons. The van der Waals surface area contributed by atoms with Crippen LogP contribution in [-0.4, -0.2) is 0 Å². The monoisotopic (exact) mass is 301 g/mol. The van der Waals surface area contributed by atoms with Crippen molar-refractivity contribution in [1.29, 1.82) is 0 Å². The van der Waals surface area contributed by atoms with Crippen LogP contribution in [0, 0.1) is 0 Å². The minimum Gasteiger partial charge on any atom is -0.398 e. The van der Waals surface area contributed by atoms with Gasteiger partial charge in [0.15, 0.2) is 0 Å². The fraction of sp³-hybridized carbons (Fsp3) is 0.273. The smallest absolute Gasteiger partial charge is 0.0394 e. The largest absolute Gasteiger partial charge is 0.398 e. The first-order valence-corrected chi connectivity index (χ1v) is 8.74. The highest BCUT2D eigenvalue weighted by atomic mass is 14.5. The van der Waals surface area contributed by atoms with Gasteiger partial charge in [-0.15, -0.1) is 0 Å². The lowest BCUT2D eigenvalue weighted by Gasteiger charge is -2.13. The maximum atomic E-state index is 6.19. The third-order valence-corrected chi connectivity index (χ3v) is 5.01. The molecule has 0 fully saturated rings. The first kappa shape index (κ1) is 14.3. The molecule has 23 heavy (non-hydrogen) atoms. The second-order valence-electron chi connectivity index (χ2n) is 6.66. The number of benzene rings is 4. The van der Waals surface area contributed by atoms with E-state index in [2.05, 4.69) is 49.4 Å². The summed E-state index contributed by atoms with van der Waals surface area (Å²) >= 11 is 0. The summed E-state index contributed by atoms with van der Waals surface area (Å²) in [4.78, 5) is 0. The van der Waals surface area contributed by atoms with Crippen LogP contribution in [0.1, 0.15) is 38.2 Å². The van der Waals surface area contributed by atoms with E-state index in [0.29, 0.717) is 0 Å². The van der Waals surface area contributed by atoms with E-state index < -0.39 is 0 Å². The molecule has 0 spiro atoms. The summed E-state index contributed by atoms with van der Waals surface area (Å²) in [5, 5.41) is 7.83. The van der Waals surface area contributed by atoms with Gasteiger partial charge in [0.25, 0.3) is 0 Å². The number of hydrogen-bond acceptors (Lipinski definition) is 1. The average Bonchev–Trinajstić information content (AvgIpc) is 2.58. The van der Waals surface area contributed by atoms with Crippen molar-refractivity contribution in [2.45, 2.75) is 39.0 Å². The molecule has 1 nitrogen and oxygen atoms in total. The quantitative estimate of drug-likeness (QED) is 0.262. The first-order valence-electron chi connectivity index (χ1n) is 8.74. The average molecular weight is 301 g/mol. The van der Waals surface area contributed by atoms with E-state index in [1.807, 2.05) is 6.07 Å². The standard InChI is InChI=1S/C22H23N/c1-2-3-4-5-6-15-13-17-8-7-16-10-12-20(23)19-11-9-18(14-15)21(17)22(16)19/h7-14H,2-6,23H2,1H3. The molecule has 4 aromatic carbocycles.